The molecule has 0 unspecified atom stereocenters. The molecule has 94 valence electrons. The van der Waals surface area contributed by atoms with Crippen molar-refractivity contribution in [2.45, 2.75) is 6.61 Å². The number of aliphatic hydroxyl groups is 1. The van der Waals surface area contributed by atoms with Crippen LogP contribution in [0.2, 0.25) is 5.02 Å². The second-order valence-corrected chi connectivity index (χ2v) is 3.82. The van der Waals surface area contributed by atoms with Gasteiger partial charge < -0.3 is 9.84 Å². The standard InChI is InChI=1S/C11H10ClN3O3/c1-18-11(17)10-13-6-15(14-10)9-7(5-16)3-2-4-8(9)12/h2-4,6,16H,5H2,1H3. The summed E-state index contributed by atoms with van der Waals surface area (Å²) in [6.07, 6.45) is 1.34. The third-order valence-electron chi connectivity index (χ3n) is 2.33. The molecule has 2 rings (SSSR count). The van der Waals surface area contributed by atoms with E-state index in [2.05, 4.69) is 14.8 Å². The van der Waals surface area contributed by atoms with Crippen LogP contribution in [-0.4, -0.2) is 33.0 Å². The van der Waals surface area contributed by atoms with Crippen molar-refractivity contribution in [2.75, 3.05) is 7.11 Å². The number of hydrogen-bond donors (Lipinski definition) is 1. The van der Waals surface area contributed by atoms with E-state index in [4.69, 9.17) is 11.6 Å². The molecule has 6 nitrogen and oxygen atoms in total. The quantitative estimate of drug-likeness (QED) is 0.846. The number of carbonyl (C=O) groups excluding carboxylic acids is 1. The molecule has 7 heteroatoms. The van der Waals surface area contributed by atoms with Crippen molar-refractivity contribution in [3.63, 3.8) is 0 Å². The van der Waals surface area contributed by atoms with E-state index in [0.29, 0.717) is 16.3 Å². The van der Waals surface area contributed by atoms with E-state index in [9.17, 15) is 9.90 Å². The highest BCUT2D eigenvalue weighted by Gasteiger charge is 2.15. The predicted octanol–water partition coefficient (Wildman–Crippen LogP) is 1.20. The van der Waals surface area contributed by atoms with Crippen molar-refractivity contribution in [1.82, 2.24) is 14.8 Å². The van der Waals surface area contributed by atoms with Crippen LogP contribution in [0.15, 0.2) is 24.5 Å². The molecule has 1 aromatic heterocycles. The van der Waals surface area contributed by atoms with Crippen LogP contribution in [0.25, 0.3) is 5.69 Å². The summed E-state index contributed by atoms with van der Waals surface area (Å²) in [7, 11) is 1.25. The predicted molar refractivity (Wildman–Crippen MR) is 63.6 cm³/mol. The lowest BCUT2D eigenvalue weighted by molar-refractivity contribution is 0.0587. The Balaban J connectivity index is 2.49. The molecule has 0 amide bonds. The average Bonchev–Trinajstić information content (AvgIpc) is 2.86. The first-order valence-corrected chi connectivity index (χ1v) is 5.43. The highest BCUT2D eigenvalue weighted by Crippen LogP contribution is 2.23. The molecule has 0 aliphatic rings. The van der Waals surface area contributed by atoms with E-state index >= 15 is 0 Å². The summed E-state index contributed by atoms with van der Waals surface area (Å²) in [5.41, 5.74) is 1.08. The molecule has 2 aromatic rings. The average molecular weight is 268 g/mol. The minimum absolute atomic E-state index is 0.0682. The first-order valence-electron chi connectivity index (χ1n) is 5.06. The zero-order chi connectivity index (χ0) is 13.1. The summed E-state index contributed by atoms with van der Waals surface area (Å²) in [5, 5.41) is 13.6. The maximum Gasteiger partial charge on any atom is 0.377 e. The molecule has 0 aliphatic heterocycles. The van der Waals surface area contributed by atoms with Crippen LogP contribution in [0.5, 0.6) is 0 Å². The molecule has 0 fully saturated rings. The van der Waals surface area contributed by atoms with Gasteiger partial charge >= 0.3 is 5.97 Å². The maximum atomic E-state index is 11.3. The number of nitrogens with zero attached hydrogens (tertiary/aromatic N) is 3. The van der Waals surface area contributed by atoms with Crippen molar-refractivity contribution in [1.29, 1.82) is 0 Å². The van der Waals surface area contributed by atoms with E-state index < -0.39 is 5.97 Å². The third-order valence-corrected chi connectivity index (χ3v) is 2.63. The Morgan fingerprint density at radius 2 is 2.33 bits per heavy atom. The van der Waals surface area contributed by atoms with Gasteiger partial charge in [-0.15, -0.1) is 5.10 Å². The maximum absolute atomic E-state index is 11.3. The Morgan fingerprint density at radius 1 is 1.56 bits per heavy atom. The van der Waals surface area contributed by atoms with Crippen molar-refractivity contribution >= 4 is 17.6 Å². The van der Waals surface area contributed by atoms with Gasteiger partial charge in [0.2, 0.25) is 0 Å². The van der Waals surface area contributed by atoms with Gasteiger partial charge in [-0.05, 0) is 6.07 Å². The van der Waals surface area contributed by atoms with Crippen molar-refractivity contribution in [2.24, 2.45) is 0 Å². The van der Waals surface area contributed by atoms with E-state index in [1.54, 1.807) is 18.2 Å². The fourth-order valence-corrected chi connectivity index (χ4v) is 1.78. The number of aliphatic hydroxyl groups excluding tert-OH is 1. The lowest BCUT2D eigenvalue weighted by Gasteiger charge is -2.08. The van der Waals surface area contributed by atoms with Crippen LogP contribution < -0.4 is 0 Å². The number of methoxy groups -OCH3 is 1. The van der Waals surface area contributed by atoms with Crippen LogP contribution in [0.3, 0.4) is 0 Å². The number of aromatic nitrogens is 3. The van der Waals surface area contributed by atoms with Crippen LogP contribution >= 0.6 is 11.6 Å². The monoisotopic (exact) mass is 267 g/mol. The number of hydrogen-bond acceptors (Lipinski definition) is 5. The number of para-hydroxylation sites is 1. The fraction of sp³-hybridized carbons (Fsp3) is 0.182. The van der Waals surface area contributed by atoms with E-state index in [1.165, 1.54) is 18.1 Å². The second-order valence-electron chi connectivity index (χ2n) is 3.41. The smallest absolute Gasteiger partial charge is 0.377 e. The molecule has 0 saturated heterocycles. The van der Waals surface area contributed by atoms with Gasteiger partial charge in [0.25, 0.3) is 5.82 Å². The molecule has 0 spiro atoms. The Hall–Kier alpha value is -1.92. The molecular weight excluding hydrogens is 258 g/mol. The van der Waals surface area contributed by atoms with Crippen LogP contribution in [-0.2, 0) is 11.3 Å². The highest BCUT2D eigenvalue weighted by atomic mass is 35.5. The van der Waals surface area contributed by atoms with Crippen molar-refractivity contribution < 1.29 is 14.6 Å². The SMILES string of the molecule is COC(=O)c1ncn(-c2c(Cl)cccc2CO)n1. The summed E-state index contributed by atoms with van der Waals surface area (Å²) in [4.78, 5) is 15.1. The molecule has 0 aliphatic carbocycles. The zero-order valence-corrected chi connectivity index (χ0v) is 10.3. The number of benzene rings is 1. The van der Waals surface area contributed by atoms with E-state index in [-0.39, 0.29) is 12.4 Å². The van der Waals surface area contributed by atoms with Gasteiger partial charge in [0.15, 0.2) is 0 Å². The lowest BCUT2D eigenvalue weighted by Crippen LogP contribution is -2.06. The van der Waals surface area contributed by atoms with Crippen LogP contribution in [0.4, 0.5) is 0 Å². The number of ether oxygens (including phenoxy) is 1. The number of halogens is 1. The third kappa shape index (κ3) is 2.20. The molecule has 0 atom stereocenters. The van der Waals surface area contributed by atoms with Gasteiger partial charge in [-0.2, -0.15) is 0 Å². The molecule has 18 heavy (non-hydrogen) atoms. The molecular formula is C11H10ClN3O3. The summed E-state index contributed by atoms with van der Waals surface area (Å²) < 4.78 is 5.85. The topological polar surface area (TPSA) is 77.2 Å². The molecule has 0 radical (unpaired) electrons. The Kier molecular flexibility index (Phi) is 3.59. The minimum atomic E-state index is -0.633. The summed E-state index contributed by atoms with van der Waals surface area (Å²) in [5.74, 6) is -0.701. The molecule has 0 saturated carbocycles. The van der Waals surface area contributed by atoms with E-state index in [0.717, 1.165) is 0 Å². The minimum Gasteiger partial charge on any atom is -0.463 e. The van der Waals surface area contributed by atoms with Gasteiger partial charge in [-0.3, -0.25) is 0 Å². The van der Waals surface area contributed by atoms with Gasteiger partial charge in [-0.25, -0.2) is 14.5 Å². The van der Waals surface area contributed by atoms with Crippen LogP contribution in [0.1, 0.15) is 16.2 Å². The lowest BCUT2D eigenvalue weighted by atomic mass is 10.2. The fourth-order valence-electron chi connectivity index (χ4n) is 1.50. The van der Waals surface area contributed by atoms with Gasteiger partial charge in [0, 0.05) is 5.56 Å². The normalized spacial score (nSPS) is 10.4. The second kappa shape index (κ2) is 5.16. The van der Waals surface area contributed by atoms with Gasteiger partial charge in [0.1, 0.15) is 6.33 Å². The first kappa shape index (κ1) is 12.5. The number of esters is 1. The van der Waals surface area contributed by atoms with Gasteiger partial charge in [-0.1, -0.05) is 23.7 Å². The summed E-state index contributed by atoms with van der Waals surface area (Å²) in [6.45, 7) is -0.191. The summed E-state index contributed by atoms with van der Waals surface area (Å²) in [6, 6.07) is 5.09. The Bertz CT molecular complexity index is 583. The Labute approximate surface area is 108 Å². The highest BCUT2D eigenvalue weighted by molar-refractivity contribution is 6.32. The Morgan fingerprint density at radius 3 is 3.00 bits per heavy atom. The molecule has 1 aromatic carbocycles. The van der Waals surface area contributed by atoms with Crippen LogP contribution in [0, 0.1) is 0 Å². The first-order chi connectivity index (χ1) is 8.67. The largest absolute Gasteiger partial charge is 0.463 e. The van der Waals surface area contributed by atoms with Gasteiger partial charge in [0.05, 0.1) is 24.4 Å². The van der Waals surface area contributed by atoms with Crippen molar-refractivity contribution in [3.8, 4) is 5.69 Å². The molecule has 1 N–H and O–H groups in total. The van der Waals surface area contributed by atoms with Crippen molar-refractivity contribution in [3.05, 3.63) is 40.9 Å². The zero-order valence-electron chi connectivity index (χ0n) is 9.50. The number of carbonyl (C=O) groups is 1. The number of rotatable bonds is 3. The summed E-state index contributed by atoms with van der Waals surface area (Å²) >= 11 is 6.05. The van der Waals surface area contributed by atoms with E-state index in [1.807, 2.05) is 0 Å². The molecule has 0 bridgehead atoms. The molecule has 1 heterocycles.